The van der Waals surface area contributed by atoms with Gasteiger partial charge in [-0.15, -0.1) is 0 Å². The third-order valence-corrected chi connectivity index (χ3v) is 4.22. The van der Waals surface area contributed by atoms with Crippen LogP contribution in [0.5, 0.6) is 0 Å². The van der Waals surface area contributed by atoms with Crippen molar-refractivity contribution >= 4 is 11.6 Å². The third kappa shape index (κ3) is 1.49. The third-order valence-electron chi connectivity index (χ3n) is 3.90. The number of nitrogens with two attached hydrogens (primary N) is 1. The number of aryl methyl sites for hydroxylation is 1. The Hall–Kier alpha value is -0.530. The fourth-order valence-corrected chi connectivity index (χ4v) is 3.05. The first-order valence-electron chi connectivity index (χ1n) is 5.40. The lowest BCUT2D eigenvalue weighted by Crippen LogP contribution is -2.25. The van der Waals surface area contributed by atoms with E-state index < -0.39 is 0 Å². The van der Waals surface area contributed by atoms with Gasteiger partial charge in [0.2, 0.25) is 0 Å². The summed E-state index contributed by atoms with van der Waals surface area (Å²) in [6.45, 7) is 7.26. The predicted octanol–water partition coefficient (Wildman–Crippen LogP) is 3.27. The zero-order chi connectivity index (χ0) is 11.3. The van der Waals surface area contributed by atoms with Crippen LogP contribution in [0.2, 0.25) is 5.02 Å². The average molecular weight is 224 g/mol. The second-order valence-electron chi connectivity index (χ2n) is 5.33. The van der Waals surface area contributed by atoms with Crippen molar-refractivity contribution in [2.75, 3.05) is 6.54 Å². The SMILES string of the molecule is Cc1ccc(C2(CN)CC2(C)C)c(Cl)c1. The van der Waals surface area contributed by atoms with Crippen LogP contribution in [0.1, 0.15) is 31.4 Å². The van der Waals surface area contributed by atoms with E-state index in [1.807, 2.05) is 6.07 Å². The number of halogens is 1. The highest BCUT2D eigenvalue weighted by atomic mass is 35.5. The molecule has 0 radical (unpaired) electrons. The quantitative estimate of drug-likeness (QED) is 0.818. The number of rotatable bonds is 2. The monoisotopic (exact) mass is 223 g/mol. The maximum atomic E-state index is 6.30. The number of benzene rings is 1. The van der Waals surface area contributed by atoms with Crippen LogP contribution in [0, 0.1) is 12.3 Å². The smallest absolute Gasteiger partial charge is 0.0446 e. The molecule has 15 heavy (non-hydrogen) atoms. The van der Waals surface area contributed by atoms with Gasteiger partial charge < -0.3 is 5.73 Å². The van der Waals surface area contributed by atoms with Crippen LogP contribution in [0.4, 0.5) is 0 Å². The van der Waals surface area contributed by atoms with Gasteiger partial charge in [0, 0.05) is 17.0 Å². The summed E-state index contributed by atoms with van der Waals surface area (Å²) in [7, 11) is 0. The minimum Gasteiger partial charge on any atom is -0.330 e. The molecule has 2 rings (SSSR count). The van der Waals surface area contributed by atoms with Gasteiger partial charge in [0.15, 0.2) is 0 Å². The number of hydrogen-bond acceptors (Lipinski definition) is 1. The van der Waals surface area contributed by atoms with E-state index in [1.54, 1.807) is 0 Å². The van der Waals surface area contributed by atoms with Crippen LogP contribution < -0.4 is 5.73 Å². The Balaban J connectivity index is 2.46. The van der Waals surface area contributed by atoms with Crippen LogP contribution >= 0.6 is 11.6 Å². The summed E-state index contributed by atoms with van der Waals surface area (Å²) < 4.78 is 0. The molecule has 82 valence electrons. The molecule has 0 aromatic heterocycles. The molecule has 1 saturated carbocycles. The summed E-state index contributed by atoms with van der Waals surface area (Å²) in [6, 6.07) is 6.29. The lowest BCUT2D eigenvalue weighted by atomic mass is 9.87. The topological polar surface area (TPSA) is 26.0 Å². The summed E-state index contributed by atoms with van der Waals surface area (Å²) in [5, 5.41) is 0.867. The largest absolute Gasteiger partial charge is 0.330 e. The fraction of sp³-hybridized carbons (Fsp3) is 0.538. The van der Waals surface area contributed by atoms with Crippen LogP contribution in [0.15, 0.2) is 18.2 Å². The van der Waals surface area contributed by atoms with E-state index >= 15 is 0 Å². The van der Waals surface area contributed by atoms with Gasteiger partial charge in [0.25, 0.3) is 0 Å². The van der Waals surface area contributed by atoms with Crippen LogP contribution in [-0.4, -0.2) is 6.54 Å². The molecule has 1 aliphatic carbocycles. The maximum absolute atomic E-state index is 6.30. The molecule has 1 aromatic rings. The van der Waals surface area contributed by atoms with E-state index in [0.29, 0.717) is 12.0 Å². The molecule has 0 amide bonds. The Labute approximate surface area is 96.6 Å². The van der Waals surface area contributed by atoms with Gasteiger partial charge in [-0.2, -0.15) is 0 Å². The van der Waals surface area contributed by atoms with Crippen LogP contribution in [-0.2, 0) is 5.41 Å². The zero-order valence-corrected chi connectivity index (χ0v) is 10.4. The van der Waals surface area contributed by atoms with Crippen molar-refractivity contribution in [2.24, 2.45) is 11.1 Å². The Kier molecular flexibility index (Phi) is 2.36. The molecule has 0 spiro atoms. The molecule has 1 aliphatic rings. The Bertz CT molecular complexity index is 398. The first-order chi connectivity index (χ1) is 6.93. The molecule has 2 heteroatoms. The molecule has 2 N–H and O–H groups in total. The normalized spacial score (nSPS) is 27.8. The van der Waals surface area contributed by atoms with Crippen molar-refractivity contribution in [3.63, 3.8) is 0 Å². The van der Waals surface area contributed by atoms with Gasteiger partial charge >= 0.3 is 0 Å². The van der Waals surface area contributed by atoms with Gasteiger partial charge in [-0.25, -0.2) is 0 Å². The van der Waals surface area contributed by atoms with Crippen molar-refractivity contribution in [1.29, 1.82) is 0 Å². The van der Waals surface area contributed by atoms with E-state index in [0.717, 1.165) is 11.4 Å². The first-order valence-corrected chi connectivity index (χ1v) is 5.77. The van der Waals surface area contributed by atoms with E-state index in [1.165, 1.54) is 11.1 Å². The van der Waals surface area contributed by atoms with Gasteiger partial charge in [-0.3, -0.25) is 0 Å². The van der Waals surface area contributed by atoms with Gasteiger partial charge in [-0.05, 0) is 36.0 Å². The maximum Gasteiger partial charge on any atom is 0.0446 e. The van der Waals surface area contributed by atoms with E-state index in [4.69, 9.17) is 17.3 Å². The molecule has 0 aliphatic heterocycles. The average Bonchev–Trinajstić information content (AvgIpc) is 2.69. The highest BCUT2D eigenvalue weighted by Crippen LogP contribution is 2.64. The van der Waals surface area contributed by atoms with E-state index in [9.17, 15) is 0 Å². The molecule has 0 heterocycles. The molecule has 1 aromatic carbocycles. The molecule has 1 nitrogen and oxygen atoms in total. The summed E-state index contributed by atoms with van der Waals surface area (Å²) in [6.07, 6.45) is 1.14. The second kappa shape index (κ2) is 3.23. The molecule has 1 unspecified atom stereocenters. The summed E-state index contributed by atoms with van der Waals surface area (Å²) in [4.78, 5) is 0. The summed E-state index contributed by atoms with van der Waals surface area (Å²) in [5.74, 6) is 0. The molecule has 1 fully saturated rings. The lowest BCUT2D eigenvalue weighted by Gasteiger charge is -2.20. The van der Waals surface area contributed by atoms with Gasteiger partial charge in [0.05, 0.1) is 0 Å². The predicted molar refractivity (Wildman–Crippen MR) is 65.3 cm³/mol. The molecule has 0 saturated heterocycles. The Morgan fingerprint density at radius 1 is 1.40 bits per heavy atom. The summed E-state index contributed by atoms with van der Waals surface area (Å²) in [5.41, 5.74) is 8.75. The van der Waals surface area contributed by atoms with E-state index in [2.05, 4.69) is 32.9 Å². The van der Waals surface area contributed by atoms with Crippen LogP contribution in [0.3, 0.4) is 0 Å². The second-order valence-corrected chi connectivity index (χ2v) is 5.74. The Morgan fingerprint density at radius 2 is 2.00 bits per heavy atom. The van der Waals surface area contributed by atoms with E-state index in [-0.39, 0.29) is 5.41 Å². The van der Waals surface area contributed by atoms with Crippen molar-refractivity contribution < 1.29 is 0 Å². The first kappa shape index (κ1) is 11.0. The Morgan fingerprint density at radius 3 is 2.40 bits per heavy atom. The van der Waals surface area contributed by atoms with Crippen LogP contribution in [0.25, 0.3) is 0 Å². The fourth-order valence-electron chi connectivity index (χ4n) is 2.64. The highest BCUT2D eigenvalue weighted by Gasteiger charge is 2.61. The lowest BCUT2D eigenvalue weighted by molar-refractivity contribution is 0.503. The van der Waals surface area contributed by atoms with Crippen molar-refractivity contribution in [2.45, 2.75) is 32.6 Å². The molecule has 1 atom stereocenters. The van der Waals surface area contributed by atoms with Crippen molar-refractivity contribution in [3.05, 3.63) is 34.3 Å². The molecular formula is C13H18ClN. The number of hydrogen-bond donors (Lipinski definition) is 1. The molecule has 0 bridgehead atoms. The summed E-state index contributed by atoms with van der Waals surface area (Å²) >= 11 is 6.30. The van der Waals surface area contributed by atoms with Crippen molar-refractivity contribution in [3.8, 4) is 0 Å². The zero-order valence-electron chi connectivity index (χ0n) is 9.60. The van der Waals surface area contributed by atoms with Gasteiger partial charge in [-0.1, -0.05) is 37.6 Å². The highest BCUT2D eigenvalue weighted by molar-refractivity contribution is 6.31. The van der Waals surface area contributed by atoms with Gasteiger partial charge in [0.1, 0.15) is 0 Å². The minimum absolute atomic E-state index is 0.109. The standard InChI is InChI=1S/C13H18ClN/c1-9-4-5-10(11(14)6-9)13(8-15)7-12(13,2)3/h4-6H,7-8,15H2,1-3H3. The molecular weight excluding hydrogens is 206 g/mol. The minimum atomic E-state index is 0.109. The van der Waals surface area contributed by atoms with Crippen molar-refractivity contribution in [1.82, 2.24) is 0 Å².